The topological polar surface area (TPSA) is 78.9 Å². The molecule has 0 saturated carbocycles. The maximum absolute atomic E-state index is 12.8. The summed E-state index contributed by atoms with van der Waals surface area (Å²) in [5.41, 5.74) is 0. The normalized spacial score (nSPS) is 12.6. The average molecular weight is 1020 g/mol. The molecule has 420 valence electrons. The minimum atomic E-state index is -0.773. The Hall–Kier alpha value is -3.41. The van der Waals surface area contributed by atoms with Crippen LogP contribution in [-0.4, -0.2) is 37.2 Å². The van der Waals surface area contributed by atoms with Crippen molar-refractivity contribution in [2.45, 2.75) is 309 Å². The van der Waals surface area contributed by atoms with Crippen LogP contribution in [0.25, 0.3) is 0 Å². The van der Waals surface area contributed by atoms with Gasteiger partial charge in [0.15, 0.2) is 6.10 Å². The molecular formula is C67H116O6. The van der Waals surface area contributed by atoms with Crippen LogP contribution in [0.15, 0.2) is 85.1 Å². The highest BCUT2D eigenvalue weighted by Gasteiger charge is 2.19. The Morgan fingerprint density at radius 3 is 0.849 bits per heavy atom. The van der Waals surface area contributed by atoms with Gasteiger partial charge < -0.3 is 14.2 Å². The lowest BCUT2D eigenvalue weighted by Gasteiger charge is -2.18. The molecule has 0 radical (unpaired) electrons. The number of hydrogen-bond donors (Lipinski definition) is 0. The molecule has 0 N–H and O–H groups in total. The van der Waals surface area contributed by atoms with Gasteiger partial charge >= 0.3 is 17.9 Å². The van der Waals surface area contributed by atoms with E-state index in [1.54, 1.807) is 0 Å². The van der Waals surface area contributed by atoms with Gasteiger partial charge in [0, 0.05) is 19.3 Å². The second kappa shape index (κ2) is 61.1. The molecule has 0 aromatic rings. The fourth-order valence-corrected chi connectivity index (χ4v) is 8.74. The molecule has 0 aromatic carbocycles. The Morgan fingerprint density at radius 2 is 0.534 bits per heavy atom. The third kappa shape index (κ3) is 59.3. The van der Waals surface area contributed by atoms with E-state index in [1.807, 2.05) is 0 Å². The monoisotopic (exact) mass is 1020 g/mol. The van der Waals surface area contributed by atoms with Gasteiger partial charge in [-0.3, -0.25) is 14.4 Å². The van der Waals surface area contributed by atoms with Crippen LogP contribution < -0.4 is 0 Å². The molecule has 0 aliphatic heterocycles. The summed E-state index contributed by atoms with van der Waals surface area (Å²) < 4.78 is 16.7. The van der Waals surface area contributed by atoms with Crippen LogP contribution in [-0.2, 0) is 28.6 Å². The van der Waals surface area contributed by atoms with Gasteiger partial charge in [-0.25, -0.2) is 0 Å². The van der Waals surface area contributed by atoms with Gasteiger partial charge in [0.05, 0.1) is 0 Å². The summed E-state index contributed by atoms with van der Waals surface area (Å²) in [4.78, 5) is 37.8. The predicted molar refractivity (Wildman–Crippen MR) is 316 cm³/mol. The number of ether oxygens (including phenoxy) is 3. The number of rotatable bonds is 56. The number of esters is 3. The molecular weight excluding hydrogens is 901 g/mol. The van der Waals surface area contributed by atoms with Gasteiger partial charge in [0.1, 0.15) is 13.2 Å². The highest BCUT2D eigenvalue weighted by atomic mass is 16.6. The van der Waals surface area contributed by atoms with Gasteiger partial charge in [-0.1, -0.05) is 273 Å². The number of carbonyl (C=O) groups is 3. The van der Waals surface area contributed by atoms with Crippen molar-refractivity contribution >= 4 is 17.9 Å². The summed E-state index contributed by atoms with van der Waals surface area (Å²) in [6.45, 7) is 6.45. The van der Waals surface area contributed by atoms with Crippen molar-refractivity contribution in [3.63, 3.8) is 0 Å². The van der Waals surface area contributed by atoms with Crippen molar-refractivity contribution < 1.29 is 28.6 Å². The number of carbonyl (C=O) groups excluding carboxylic acids is 3. The van der Waals surface area contributed by atoms with E-state index in [2.05, 4.69) is 106 Å². The van der Waals surface area contributed by atoms with Crippen molar-refractivity contribution in [2.75, 3.05) is 13.2 Å². The molecule has 0 heterocycles. The Balaban J connectivity index is 3.98. The standard InChI is InChI=1S/C67H116O6/c1-4-7-10-13-15-17-19-21-23-25-26-27-28-29-30-31-32-33-34-35-36-37-38-39-40-42-43-45-47-49-51-54-57-60-66(69)72-63-64(62-71-65(68)59-56-53-12-9-6-3)73-67(70)61-58-55-52-50-48-46-44-41-24-22-20-18-16-14-11-8-5-2/h7,10,15,17,21-24,26-27,29-30,32-33,64H,4-6,8-9,11-14,16,18-20,25,28,31,34-63H2,1-3H3/b10-7-,17-15-,23-21-,24-22-,27-26-,30-29-,33-32-. The maximum atomic E-state index is 12.8. The van der Waals surface area contributed by atoms with E-state index in [0.29, 0.717) is 19.3 Å². The smallest absolute Gasteiger partial charge is 0.306 e. The average Bonchev–Trinajstić information content (AvgIpc) is 3.39. The molecule has 73 heavy (non-hydrogen) atoms. The quantitative estimate of drug-likeness (QED) is 0.0261. The summed E-state index contributed by atoms with van der Waals surface area (Å²) in [5.74, 6) is -0.886. The SMILES string of the molecule is CC/C=C\C/C=C\C/C=C\C/C=C\C/C=C\C/C=C\CCCCCCCCCCCCCCCCC(=O)OCC(COC(=O)CCCCCCC)OC(=O)CCCCCCCCC/C=C\CCCCCCCC. The lowest BCUT2D eigenvalue weighted by atomic mass is 10.0. The molecule has 0 bridgehead atoms. The molecule has 1 unspecified atom stereocenters. The minimum absolute atomic E-state index is 0.0757. The van der Waals surface area contributed by atoms with Gasteiger partial charge in [-0.05, 0) is 96.3 Å². The highest BCUT2D eigenvalue weighted by molar-refractivity contribution is 5.71. The van der Waals surface area contributed by atoms with Gasteiger partial charge in [-0.15, -0.1) is 0 Å². The first-order valence-electron chi connectivity index (χ1n) is 31.1. The van der Waals surface area contributed by atoms with Gasteiger partial charge in [-0.2, -0.15) is 0 Å². The summed E-state index contributed by atoms with van der Waals surface area (Å²) >= 11 is 0. The lowest BCUT2D eigenvalue weighted by molar-refractivity contribution is -0.167. The fraction of sp³-hybridized carbons (Fsp3) is 0.746. The Morgan fingerprint density at radius 1 is 0.288 bits per heavy atom. The van der Waals surface area contributed by atoms with Crippen LogP contribution in [0.1, 0.15) is 303 Å². The first-order valence-corrected chi connectivity index (χ1v) is 31.1. The van der Waals surface area contributed by atoms with E-state index in [0.717, 1.165) is 103 Å². The van der Waals surface area contributed by atoms with Gasteiger partial charge in [0.2, 0.25) is 0 Å². The molecule has 0 aliphatic carbocycles. The van der Waals surface area contributed by atoms with E-state index in [-0.39, 0.29) is 31.1 Å². The second-order valence-corrected chi connectivity index (χ2v) is 20.6. The predicted octanol–water partition coefficient (Wildman–Crippen LogP) is 21.1. The largest absolute Gasteiger partial charge is 0.462 e. The van der Waals surface area contributed by atoms with Crippen LogP contribution in [0.4, 0.5) is 0 Å². The molecule has 6 nitrogen and oxygen atoms in total. The molecule has 0 aliphatic rings. The molecule has 0 spiro atoms. The molecule has 6 heteroatoms. The molecule has 0 amide bonds. The van der Waals surface area contributed by atoms with Crippen molar-refractivity contribution in [3.05, 3.63) is 85.1 Å². The van der Waals surface area contributed by atoms with Crippen LogP contribution in [0.3, 0.4) is 0 Å². The summed E-state index contributed by atoms with van der Waals surface area (Å²) in [7, 11) is 0. The Labute approximate surface area is 452 Å². The summed E-state index contributed by atoms with van der Waals surface area (Å²) in [6, 6.07) is 0. The van der Waals surface area contributed by atoms with Gasteiger partial charge in [0.25, 0.3) is 0 Å². The summed E-state index contributed by atoms with van der Waals surface area (Å²) in [5, 5.41) is 0. The summed E-state index contributed by atoms with van der Waals surface area (Å²) in [6.07, 6.45) is 80.7. The van der Waals surface area contributed by atoms with Crippen LogP contribution in [0.2, 0.25) is 0 Å². The molecule has 0 fully saturated rings. The number of hydrogen-bond acceptors (Lipinski definition) is 6. The van der Waals surface area contributed by atoms with Crippen LogP contribution in [0, 0.1) is 0 Å². The fourth-order valence-electron chi connectivity index (χ4n) is 8.74. The Kier molecular flexibility index (Phi) is 58.3. The lowest BCUT2D eigenvalue weighted by Crippen LogP contribution is -2.30. The molecule has 0 aromatic heterocycles. The Bertz CT molecular complexity index is 1400. The van der Waals surface area contributed by atoms with Crippen molar-refractivity contribution in [3.8, 4) is 0 Å². The molecule has 0 rings (SSSR count). The van der Waals surface area contributed by atoms with E-state index in [1.165, 1.54) is 161 Å². The minimum Gasteiger partial charge on any atom is -0.462 e. The van der Waals surface area contributed by atoms with Crippen molar-refractivity contribution in [1.29, 1.82) is 0 Å². The zero-order valence-electron chi connectivity index (χ0n) is 48.1. The van der Waals surface area contributed by atoms with E-state index in [4.69, 9.17) is 14.2 Å². The van der Waals surface area contributed by atoms with Crippen LogP contribution >= 0.6 is 0 Å². The maximum Gasteiger partial charge on any atom is 0.306 e. The van der Waals surface area contributed by atoms with Crippen molar-refractivity contribution in [2.24, 2.45) is 0 Å². The third-order valence-corrected chi connectivity index (χ3v) is 13.4. The zero-order chi connectivity index (χ0) is 52.9. The van der Waals surface area contributed by atoms with Crippen LogP contribution in [0.5, 0.6) is 0 Å². The second-order valence-electron chi connectivity index (χ2n) is 20.6. The number of unbranched alkanes of at least 4 members (excludes halogenated alkanes) is 31. The first kappa shape index (κ1) is 69.6. The zero-order valence-corrected chi connectivity index (χ0v) is 48.1. The highest BCUT2D eigenvalue weighted by Crippen LogP contribution is 2.16. The molecule has 1 atom stereocenters. The third-order valence-electron chi connectivity index (χ3n) is 13.4. The van der Waals surface area contributed by atoms with E-state index < -0.39 is 6.10 Å². The van der Waals surface area contributed by atoms with Crippen molar-refractivity contribution in [1.82, 2.24) is 0 Å². The van der Waals surface area contributed by atoms with E-state index in [9.17, 15) is 14.4 Å². The van der Waals surface area contributed by atoms with E-state index >= 15 is 0 Å². The molecule has 0 saturated heterocycles. The number of allylic oxidation sites excluding steroid dienone is 14. The first-order chi connectivity index (χ1) is 36.0.